The molecular weight excluding hydrogens is 318 g/mol. The molecule has 0 aliphatic rings. The minimum Gasteiger partial charge on any atom is -0.312 e. The number of rotatable bonds is 5. The van der Waals surface area contributed by atoms with Gasteiger partial charge in [0.25, 0.3) is 0 Å². The molecular formula is C13H13BrClNS. The Hall–Kier alpha value is -0.350. The highest BCUT2D eigenvalue weighted by Gasteiger charge is 1.97. The molecule has 2 aromatic rings. The Balaban J connectivity index is 1.71. The van der Waals surface area contributed by atoms with Gasteiger partial charge in [0, 0.05) is 23.0 Å². The van der Waals surface area contributed by atoms with Gasteiger partial charge < -0.3 is 5.32 Å². The highest BCUT2D eigenvalue weighted by molar-refractivity contribution is 9.11. The monoisotopic (exact) mass is 329 g/mol. The van der Waals surface area contributed by atoms with Crippen molar-refractivity contribution in [1.82, 2.24) is 5.32 Å². The van der Waals surface area contributed by atoms with E-state index in [1.165, 1.54) is 14.2 Å². The van der Waals surface area contributed by atoms with Gasteiger partial charge in [-0.3, -0.25) is 0 Å². The van der Waals surface area contributed by atoms with Crippen molar-refractivity contribution in [2.75, 3.05) is 6.54 Å². The third-order valence-corrected chi connectivity index (χ3v) is 4.35. The summed E-state index contributed by atoms with van der Waals surface area (Å²) in [7, 11) is 0. The van der Waals surface area contributed by atoms with Crippen LogP contribution in [0.15, 0.2) is 40.2 Å². The normalized spacial score (nSPS) is 10.7. The van der Waals surface area contributed by atoms with Gasteiger partial charge in [0.05, 0.1) is 3.79 Å². The third-order valence-electron chi connectivity index (χ3n) is 2.42. The van der Waals surface area contributed by atoms with Crippen molar-refractivity contribution in [3.63, 3.8) is 0 Å². The predicted octanol–water partition coefficient (Wildman–Crippen LogP) is 4.50. The molecule has 1 aromatic carbocycles. The molecule has 0 saturated heterocycles. The number of benzene rings is 1. The van der Waals surface area contributed by atoms with Gasteiger partial charge in [0.15, 0.2) is 0 Å². The van der Waals surface area contributed by atoms with Crippen molar-refractivity contribution < 1.29 is 0 Å². The zero-order valence-electron chi connectivity index (χ0n) is 9.25. The summed E-state index contributed by atoms with van der Waals surface area (Å²) >= 11 is 11.1. The fraction of sp³-hybridized carbons (Fsp3) is 0.231. The fourth-order valence-corrected chi connectivity index (χ4v) is 3.14. The molecule has 0 atom stereocenters. The Morgan fingerprint density at radius 1 is 1.12 bits per heavy atom. The quantitative estimate of drug-likeness (QED) is 0.796. The van der Waals surface area contributed by atoms with Crippen LogP contribution in [0.4, 0.5) is 0 Å². The summed E-state index contributed by atoms with van der Waals surface area (Å²) in [5.41, 5.74) is 1.27. The molecule has 17 heavy (non-hydrogen) atoms. The van der Waals surface area contributed by atoms with Crippen molar-refractivity contribution in [3.05, 3.63) is 55.6 Å². The lowest BCUT2D eigenvalue weighted by Crippen LogP contribution is -2.16. The van der Waals surface area contributed by atoms with Crippen LogP contribution in [0.5, 0.6) is 0 Å². The average molecular weight is 331 g/mol. The molecule has 0 unspecified atom stereocenters. The number of nitrogens with one attached hydrogen (secondary N) is 1. The van der Waals surface area contributed by atoms with Gasteiger partial charge in [-0.15, -0.1) is 11.3 Å². The standard InChI is InChI=1S/C13H13BrClNS/c14-13-6-5-12(17-13)7-8-16-9-10-1-3-11(15)4-2-10/h1-6,16H,7-9H2. The van der Waals surface area contributed by atoms with Crippen LogP contribution in [-0.4, -0.2) is 6.54 Å². The third kappa shape index (κ3) is 4.43. The topological polar surface area (TPSA) is 12.0 Å². The highest BCUT2D eigenvalue weighted by Crippen LogP contribution is 2.22. The Kier molecular flexibility index (Phi) is 5.04. The van der Waals surface area contributed by atoms with Gasteiger partial charge in [-0.25, -0.2) is 0 Å². The molecule has 0 radical (unpaired) electrons. The first-order valence-electron chi connectivity index (χ1n) is 5.43. The smallest absolute Gasteiger partial charge is 0.0701 e. The van der Waals surface area contributed by atoms with E-state index < -0.39 is 0 Å². The Morgan fingerprint density at radius 2 is 1.88 bits per heavy atom. The van der Waals surface area contributed by atoms with E-state index >= 15 is 0 Å². The zero-order chi connectivity index (χ0) is 12.1. The Bertz CT molecular complexity index is 467. The van der Waals surface area contributed by atoms with Crippen LogP contribution in [0, 0.1) is 0 Å². The van der Waals surface area contributed by atoms with Gasteiger partial charge in [0.2, 0.25) is 0 Å². The first kappa shape index (κ1) is 13.1. The minimum absolute atomic E-state index is 0.789. The summed E-state index contributed by atoms with van der Waals surface area (Å²) in [4.78, 5) is 1.40. The van der Waals surface area contributed by atoms with Crippen LogP contribution in [0.3, 0.4) is 0 Å². The van der Waals surface area contributed by atoms with Crippen LogP contribution in [-0.2, 0) is 13.0 Å². The first-order chi connectivity index (χ1) is 8.24. The summed E-state index contributed by atoms with van der Waals surface area (Å²) in [6.45, 7) is 1.89. The zero-order valence-corrected chi connectivity index (χ0v) is 12.4. The first-order valence-corrected chi connectivity index (χ1v) is 7.42. The van der Waals surface area contributed by atoms with E-state index in [4.69, 9.17) is 11.6 Å². The molecule has 4 heteroatoms. The van der Waals surface area contributed by atoms with Crippen LogP contribution in [0.1, 0.15) is 10.4 Å². The van der Waals surface area contributed by atoms with Gasteiger partial charge in [-0.05, 0) is 52.2 Å². The average Bonchev–Trinajstić information content (AvgIpc) is 2.73. The van der Waals surface area contributed by atoms with Crippen molar-refractivity contribution in [2.24, 2.45) is 0 Å². The molecule has 0 spiro atoms. The number of halogens is 2. The van der Waals surface area contributed by atoms with Crippen LogP contribution >= 0.6 is 38.9 Å². The second-order valence-electron chi connectivity index (χ2n) is 3.76. The summed E-state index contributed by atoms with van der Waals surface area (Å²) in [5, 5.41) is 4.22. The second-order valence-corrected chi connectivity index (χ2v) is 6.74. The number of thiophene rings is 1. The van der Waals surface area contributed by atoms with Crippen LogP contribution in [0.2, 0.25) is 5.02 Å². The minimum atomic E-state index is 0.789. The Morgan fingerprint density at radius 3 is 2.53 bits per heavy atom. The van der Waals surface area contributed by atoms with E-state index in [1.54, 1.807) is 11.3 Å². The van der Waals surface area contributed by atoms with Crippen molar-refractivity contribution in [3.8, 4) is 0 Å². The van der Waals surface area contributed by atoms with Crippen molar-refractivity contribution in [2.45, 2.75) is 13.0 Å². The maximum Gasteiger partial charge on any atom is 0.0701 e. The molecule has 0 aliphatic carbocycles. The highest BCUT2D eigenvalue weighted by atomic mass is 79.9. The maximum absolute atomic E-state index is 5.83. The van der Waals surface area contributed by atoms with Crippen LogP contribution in [0.25, 0.3) is 0 Å². The van der Waals surface area contributed by atoms with Crippen molar-refractivity contribution in [1.29, 1.82) is 0 Å². The molecule has 0 bridgehead atoms. The number of hydrogen-bond donors (Lipinski definition) is 1. The van der Waals surface area contributed by atoms with Gasteiger partial charge in [-0.2, -0.15) is 0 Å². The summed E-state index contributed by atoms with van der Waals surface area (Å²) < 4.78 is 1.20. The molecule has 0 fully saturated rings. The lowest BCUT2D eigenvalue weighted by molar-refractivity contribution is 0.691. The van der Waals surface area contributed by atoms with Gasteiger partial charge in [0.1, 0.15) is 0 Å². The van der Waals surface area contributed by atoms with E-state index in [0.29, 0.717) is 0 Å². The SMILES string of the molecule is Clc1ccc(CNCCc2ccc(Br)s2)cc1. The van der Waals surface area contributed by atoms with E-state index in [1.807, 2.05) is 12.1 Å². The molecule has 1 heterocycles. The molecule has 1 nitrogen and oxygen atoms in total. The lowest BCUT2D eigenvalue weighted by Gasteiger charge is -2.04. The molecule has 90 valence electrons. The molecule has 2 rings (SSSR count). The summed E-state index contributed by atoms with van der Waals surface area (Å²) in [6.07, 6.45) is 1.07. The second kappa shape index (κ2) is 6.55. The Labute approximate surface area is 119 Å². The number of hydrogen-bond acceptors (Lipinski definition) is 2. The van der Waals surface area contributed by atoms with Gasteiger partial charge in [-0.1, -0.05) is 23.7 Å². The molecule has 1 N–H and O–H groups in total. The fourth-order valence-electron chi connectivity index (χ4n) is 1.53. The molecule has 1 aromatic heterocycles. The van der Waals surface area contributed by atoms with Gasteiger partial charge >= 0.3 is 0 Å². The van der Waals surface area contributed by atoms with Crippen molar-refractivity contribution >= 4 is 38.9 Å². The summed E-state index contributed by atoms with van der Waals surface area (Å²) in [5.74, 6) is 0. The predicted molar refractivity (Wildman–Crippen MR) is 78.9 cm³/mol. The lowest BCUT2D eigenvalue weighted by atomic mass is 10.2. The van der Waals surface area contributed by atoms with E-state index in [2.05, 4.69) is 45.5 Å². The molecule has 0 saturated carbocycles. The van der Waals surface area contributed by atoms with Crippen LogP contribution < -0.4 is 5.32 Å². The van der Waals surface area contributed by atoms with E-state index in [0.717, 1.165) is 24.5 Å². The molecule has 0 amide bonds. The largest absolute Gasteiger partial charge is 0.312 e. The molecule has 0 aliphatic heterocycles. The van der Waals surface area contributed by atoms with E-state index in [9.17, 15) is 0 Å². The summed E-state index contributed by atoms with van der Waals surface area (Å²) in [6, 6.07) is 12.2. The van der Waals surface area contributed by atoms with E-state index in [-0.39, 0.29) is 0 Å². The maximum atomic E-state index is 5.83.